The average molecular weight is 297 g/mol. The van der Waals surface area contributed by atoms with Crippen molar-refractivity contribution in [1.82, 2.24) is 9.97 Å². The highest BCUT2D eigenvalue weighted by Crippen LogP contribution is 2.21. The average Bonchev–Trinajstić information content (AvgIpc) is 2.92. The number of aromatic nitrogens is 2. The SMILES string of the molecule is CN(C)c1ccccc1C(=S=O)c1nc2ccccc2[nH]1. The number of hydrogen-bond donors (Lipinski definition) is 1. The predicted octanol–water partition coefficient (Wildman–Crippen LogP) is 2.41. The molecule has 0 saturated carbocycles. The molecule has 0 unspecified atom stereocenters. The van der Waals surface area contributed by atoms with Gasteiger partial charge in [0.25, 0.3) is 0 Å². The maximum atomic E-state index is 11.7. The maximum Gasteiger partial charge on any atom is 0.152 e. The summed E-state index contributed by atoms with van der Waals surface area (Å²) < 4.78 is 11.7. The van der Waals surface area contributed by atoms with Crippen molar-refractivity contribution >= 4 is 32.8 Å². The van der Waals surface area contributed by atoms with Gasteiger partial charge in [-0.3, -0.25) is 0 Å². The van der Waals surface area contributed by atoms with E-state index in [-0.39, 0.29) is 0 Å². The molecule has 3 aromatic rings. The monoisotopic (exact) mass is 297 g/mol. The van der Waals surface area contributed by atoms with Crippen LogP contribution in [0.25, 0.3) is 11.0 Å². The standard InChI is InChI=1S/C16H15N3OS/c1-19(2)14-10-6-3-7-11(14)15(21-20)16-17-12-8-4-5-9-13(12)18-16/h3-10H,1-2H3,(H,17,18). The number of rotatable bonds is 3. The normalized spacial score (nSPS) is 10.6. The largest absolute Gasteiger partial charge is 0.377 e. The van der Waals surface area contributed by atoms with Crippen LogP contribution in [0.3, 0.4) is 0 Å². The van der Waals surface area contributed by atoms with Crippen LogP contribution in [0.15, 0.2) is 48.5 Å². The Bertz CT molecular complexity index is 814. The lowest BCUT2D eigenvalue weighted by Crippen LogP contribution is -2.15. The van der Waals surface area contributed by atoms with Crippen LogP contribution in [0.1, 0.15) is 11.4 Å². The molecule has 106 valence electrons. The highest BCUT2D eigenvalue weighted by atomic mass is 32.1. The molecule has 2 aromatic carbocycles. The number of nitrogens with zero attached hydrogens (tertiary/aromatic N) is 2. The van der Waals surface area contributed by atoms with E-state index in [0.717, 1.165) is 22.3 Å². The van der Waals surface area contributed by atoms with Gasteiger partial charge in [0.05, 0.1) is 11.0 Å². The third kappa shape index (κ3) is 2.48. The summed E-state index contributed by atoms with van der Waals surface area (Å²) in [5.41, 5.74) is 3.68. The van der Waals surface area contributed by atoms with Crippen LogP contribution in [-0.2, 0) is 11.3 Å². The lowest BCUT2D eigenvalue weighted by molar-refractivity contribution is 0.701. The molecule has 5 heteroatoms. The number of H-pyrrole nitrogens is 1. The van der Waals surface area contributed by atoms with E-state index in [4.69, 9.17) is 0 Å². The second-order valence-electron chi connectivity index (χ2n) is 4.93. The van der Waals surface area contributed by atoms with Gasteiger partial charge >= 0.3 is 0 Å². The summed E-state index contributed by atoms with van der Waals surface area (Å²) in [4.78, 5) is 10.4. The Hall–Kier alpha value is -2.40. The molecular formula is C16H15N3OS. The summed E-state index contributed by atoms with van der Waals surface area (Å²) in [7, 11) is 3.93. The van der Waals surface area contributed by atoms with Crippen molar-refractivity contribution in [2.24, 2.45) is 0 Å². The van der Waals surface area contributed by atoms with Crippen LogP contribution in [0.4, 0.5) is 5.69 Å². The lowest BCUT2D eigenvalue weighted by Gasteiger charge is -2.16. The summed E-state index contributed by atoms with van der Waals surface area (Å²) in [6.45, 7) is 0. The Balaban J connectivity index is 2.17. The van der Waals surface area contributed by atoms with Crippen LogP contribution in [-0.4, -0.2) is 33.1 Å². The van der Waals surface area contributed by atoms with E-state index in [0.29, 0.717) is 21.9 Å². The van der Waals surface area contributed by atoms with Gasteiger partial charge in [-0.05, 0) is 18.2 Å². The fraction of sp³-hybridized carbons (Fsp3) is 0.125. The Labute approximate surface area is 126 Å². The minimum atomic E-state index is 0.469. The van der Waals surface area contributed by atoms with Gasteiger partial charge in [0.1, 0.15) is 16.1 Å². The Morgan fingerprint density at radius 1 is 1.10 bits per heavy atom. The molecule has 0 aliphatic rings. The third-order valence-electron chi connectivity index (χ3n) is 3.32. The molecule has 4 nitrogen and oxygen atoms in total. The van der Waals surface area contributed by atoms with Crippen molar-refractivity contribution in [2.75, 3.05) is 19.0 Å². The first-order valence-electron chi connectivity index (χ1n) is 6.59. The molecule has 0 spiro atoms. The molecule has 3 rings (SSSR count). The molecule has 0 aliphatic carbocycles. The van der Waals surface area contributed by atoms with Gasteiger partial charge in [0.2, 0.25) is 0 Å². The van der Waals surface area contributed by atoms with Crippen LogP contribution < -0.4 is 4.90 Å². The predicted molar refractivity (Wildman–Crippen MR) is 88.2 cm³/mol. The fourth-order valence-electron chi connectivity index (χ4n) is 2.33. The van der Waals surface area contributed by atoms with Crippen molar-refractivity contribution in [2.45, 2.75) is 0 Å². The molecule has 0 atom stereocenters. The van der Waals surface area contributed by atoms with Crippen molar-refractivity contribution in [3.63, 3.8) is 0 Å². The Morgan fingerprint density at radius 3 is 2.52 bits per heavy atom. The Morgan fingerprint density at radius 2 is 1.81 bits per heavy atom. The molecule has 0 fully saturated rings. The third-order valence-corrected chi connectivity index (χ3v) is 3.90. The molecule has 0 bridgehead atoms. The second kappa shape index (κ2) is 5.54. The zero-order valence-corrected chi connectivity index (χ0v) is 12.6. The smallest absolute Gasteiger partial charge is 0.152 e. The molecule has 1 N–H and O–H groups in total. The molecular weight excluding hydrogens is 282 g/mol. The number of para-hydroxylation sites is 3. The van der Waals surface area contributed by atoms with E-state index >= 15 is 0 Å². The topological polar surface area (TPSA) is 49.0 Å². The van der Waals surface area contributed by atoms with E-state index in [2.05, 4.69) is 9.97 Å². The highest BCUT2D eigenvalue weighted by Gasteiger charge is 2.15. The van der Waals surface area contributed by atoms with Crippen LogP contribution in [0.5, 0.6) is 0 Å². The molecule has 0 radical (unpaired) electrons. The fourth-order valence-corrected chi connectivity index (χ4v) is 2.77. The van der Waals surface area contributed by atoms with Crippen LogP contribution in [0.2, 0.25) is 0 Å². The van der Waals surface area contributed by atoms with Gasteiger partial charge in [0.15, 0.2) is 5.82 Å². The second-order valence-corrected chi connectivity index (χ2v) is 5.50. The molecule has 0 saturated heterocycles. The van der Waals surface area contributed by atoms with Gasteiger partial charge in [-0.1, -0.05) is 30.3 Å². The van der Waals surface area contributed by atoms with E-state index in [9.17, 15) is 4.21 Å². The van der Waals surface area contributed by atoms with E-state index < -0.39 is 0 Å². The first-order chi connectivity index (χ1) is 10.2. The minimum absolute atomic E-state index is 0.469. The van der Waals surface area contributed by atoms with E-state index in [1.54, 1.807) is 0 Å². The highest BCUT2D eigenvalue weighted by molar-refractivity contribution is 7.67. The number of aromatic amines is 1. The molecule has 1 aromatic heterocycles. The van der Waals surface area contributed by atoms with Crippen molar-refractivity contribution in [3.05, 3.63) is 59.9 Å². The van der Waals surface area contributed by atoms with Crippen LogP contribution in [0, 0.1) is 0 Å². The van der Waals surface area contributed by atoms with Crippen molar-refractivity contribution < 1.29 is 4.21 Å². The van der Waals surface area contributed by atoms with Crippen molar-refractivity contribution in [1.29, 1.82) is 0 Å². The first-order valence-corrected chi connectivity index (χ1v) is 7.33. The van der Waals surface area contributed by atoms with Crippen LogP contribution >= 0.6 is 0 Å². The number of nitrogens with one attached hydrogen (secondary N) is 1. The first kappa shape index (κ1) is 13.6. The summed E-state index contributed by atoms with van der Waals surface area (Å²) in [5.74, 6) is 0.616. The summed E-state index contributed by atoms with van der Waals surface area (Å²) >= 11 is 0.469. The van der Waals surface area contributed by atoms with E-state index in [1.165, 1.54) is 0 Å². The summed E-state index contributed by atoms with van der Waals surface area (Å²) in [6.07, 6.45) is 0. The zero-order chi connectivity index (χ0) is 14.8. The Kier molecular flexibility index (Phi) is 3.58. The van der Waals surface area contributed by atoms with Crippen molar-refractivity contribution in [3.8, 4) is 0 Å². The number of benzene rings is 2. The van der Waals surface area contributed by atoms with Gasteiger partial charge in [-0.2, -0.15) is 0 Å². The molecule has 0 aliphatic heterocycles. The quantitative estimate of drug-likeness (QED) is 0.596. The minimum Gasteiger partial charge on any atom is -0.377 e. The number of imidazole rings is 1. The lowest BCUT2D eigenvalue weighted by atomic mass is 10.1. The number of fused-ring (bicyclic) bond motifs is 1. The zero-order valence-electron chi connectivity index (χ0n) is 11.8. The number of anilines is 1. The summed E-state index contributed by atoms with van der Waals surface area (Å²) in [6, 6.07) is 15.6. The van der Waals surface area contributed by atoms with Gasteiger partial charge in [-0.15, -0.1) is 0 Å². The van der Waals surface area contributed by atoms with E-state index in [1.807, 2.05) is 67.5 Å². The van der Waals surface area contributed by atoms with Gasteiger partial charge in [0, 0.05) is 25.3 Å². The summed E-state index contributed by atoms with van der Waals surface area (Å²) in [5, 5.41) is 0. The van der Waals surface area contributed by atoms with Gasteiger partial charge < -0.3 is 9.88 Å². The van der Waals surface area contributed by atoms with Gasteiger partial charge in [-0.25, -0.2) is 9.19 Å². The molecule has 21 heavy (non-hydrogen) atoms. The molecule has 0 amide bonds. The number of hydrogen-bond acceptors (Lipinski definition) is 3. The molecule has 1 heterocycles. The maximum absolute atomic E-state index is 11.7.